The fraction of sp³-hybridized carbons (Fsp3) is 0.265. The highest BCUT2D eigenvalue weighted by Gasteiger charge is 2.35. The molecule has 0 amide bonds. The van der Waals surface area contributed by atoms with Crippen LogP contribution in [0, 0.1) is 29.6 Å². The molecule has 2 heterocycles. The number of sulfonamides is 1. The summed E-state index contributed by atoms with van der Waals surface area (Å²) in [5, 5.41) is 31.6. The molecule has 0 aliphatic carbocycles. The number of hydrogen-bond donors (Lipinski definition) is 1. The van der Waals surface area contributed by atoms with Crippen molar-refractivity contribution in [2.45, 2.75) is 63.1 Å². The lowest BCUT2D eigenvalue weighted by Crippen LogP contribution is -2.20. The average molecular weight is 675 g/mol. The molecule has 48 heavy (non-hydrogen) atoms. The van der Waals surface area contributed by atoms with E-state index in [4.69, 9.17) is 5.14 Å². The second-order valence-corrected chi connectivity index (χ2v) is 13.8. The van der Waals surface area contributed by atoms with Crippen LogP contribution in [0.25, 0.3) is 16.9 Å². The molecule has 0 spiro atoms. The number of aryl methyl sites for hydroxylation is 1. The Morgan fingerprint density at radius 1 is 0.854 bits per heavy atom. The van der Waals surface area contributed by atoms with Gasteiger partial charge in [-0.1, -0.05) is 48.0 Å². The van der Waals surface area contributed by atoms with Crippen molar-refractivity contribution in [3.63, 3.8) is 0 Å². The molecule has 3 aromatic carbocycles. The zero-order valence-electron chi connectivity index (χ0n) is 26.9. The molecule has 2 N–H and O–H groups in total. The molecular formula is C34H33F3N8O2S. The summed E-state index contributed by atoms with van der Waals surface area (Å²) in [4.78, 5) is 3.80. The third-order valence-corrected chi connectivity index (χ3v) is 8.49. The fourth-order valence-corrected chi connectivity index (χ4v) is 5.07. The Labute approximate surface area is 276 Å². The summed E-state index contributed by atoms with van der Waals surface area (Å²) in [7, 11) is -3.90. The highest BCUT2D eigenvalue weighted by molar-refractivity contribution is 7.89. The number of alkyl halides is 3. The van der Waals surface area contributed by atoms with Crippen LogP contribution in [0.15, 0.2) is 90.3 Å². The molecule has 248 valence electrons. The number of nitriles is 2. The second-order valence-electron chi connectivity index (χ2n) is 12.2. The van der Waals surface area contributed by atoms with Crippen LogP contribution >= 0.6 is 0 Å². The first-order valence-electron chi connectivity index (χ1n) is 14.5. The minimum absolute atomic E-state index is 0.138. The van der Waals surface area contributed by atoms with Crippen LogP contribution in [-0.4, -0.2) is 33.0 Å². The van der Waals surface area contributed by atoms with Crippen LogP contribution in [0.1, 0.15) is 55.6 Å². The summed E-state index contributed by atoms with van der Waals surface area (Å²) in [6.07, 6.45) is -1.47. The molecule has 0 atom stereocenters. The number of rotatable bonds is 7. The SMILES string of the molecule is CC(C)(C#N)c1cc(Cn2cncn2)cc(C(C)(C)C#N)c1.Cc1ccc(-c2cc(C(F)(F)F)nn2-c2ccc(S(N)(=O)=O)cc2)cc1. The summed E-state index contributed by atoms with van der Waals surface area (Å²) < 4.78 is 64.9. The number of hydrogen-bond acceptors (Lipinski definition) is 7. The summed E-state index contributed by atoms with van der Waals surface area (Å²) in [5.41, 5.74) is 2.59. The number of nitrogens with zero attached hydrogens (tertiary/aromatic N) is 7. The minimum Gasteiger partial charge on any atom is -0.249 e. The van der Waals surface area contributed by atoms with Crippen molar-refractivity contribution in [1.29, 1.82) is 10.5 Å². The van der Waals surface area contributed by atoms with Gasteiger partial charge in [0.05, 0.1) is 45.8 Å². The molecule has 10 nitrogen and oxygen atoms in total. The van der Waals surface area contributed by atoms with Crippen molar-refractivity contribution in [2.24, 2.45) is 5.14 Å². The number of nitrogens with two attached hydrogens (primary N) is 1. The van der Waals surface area contributed by atoms with Crippen molar-refractivity contribution in [3.05, 3.63) is 113 Å². The van der Waals surface area contributed by atoms with Gasteiger partial charge in [0.1, 0.15) is 12.7 Å². The Kier molecular flexibility index (Phi) is 9.94. The molecule has 0 aliphatic rings. The lowest BCUT2D eigenvalue weighted by molar-refractivity contribution is -0.141. The maximum absolute atomic E-state index is 13.1. The van der Waals surface area contributed by atoms with Gasteiger partial charge < -0.3 is 0 Å². The molecule has 0 unspecified atom stereocenters. The Morgan fingerprint density at radius 3 is 1.88 bits per heavy atom. The van der Waals surface area contributed by atoms with Gasteiger partial charge in [-0.05, 0) is 81.6 Å². The molecule has 5 aromatic rings. The quantitative estimate of drug-likeness (QED) is 0.208. The normalized spacial score (nSPS) is 12.1. The number of benzene rings is 3. The van der Waals surface area contributed by atoms with E-state index < -0.39 is 32.7 Å². The molecule has 0 radical (unpaired) electrons. The van der Waals surface area contributed by atoms with E-state index in [0.29, 0.717) is 12.1 Å². The van der Waals surface area contributed by atoms with Gasteiger partial charge in [0.25, 0.3) is 0 Å². The molecule has 0 aliphatic heterocycles. The van der Waals surface area contributed by atoms with E-state index in [2.05, 4.69) is 27.3 Å². The zero-order chi connectivity index (χ0) is 35.5. The summed E-state index contributed by atoms with van der Waals surface area (Å²) in [5.74, 6) is 0. The lowest BCUT2D eigenvalue weighted by atomic mass is 9.79. The minimum atomic E-state index is -4.61. The molecule has 14 heteroatoms. The summed E-state index contributed by atoms with van der Waals surface area (Å²) in [6, 6.07) is 23.7. The average Bonchev–Trinajstić information content (AvgIpc) is 3.72. The maximum atomic E-state index is 13.1. The smallest absolute Gasteiger partial charge is 0.249 e. The van der Waals surface area contributed by atoms with E-state index in [9.17, 15) is 32.1 Å². The number of halogens is 3. The maximum Gasteiger partial charge on any atom is 0.435 e. The summed E-state index contributed by atoms with van der Waals surface area (Å²) >= 11 is 0. The van der Waals surface area contributed by atoms with Crippen molar-refractivity contribution < 1.29 is 21.6 Å². The first kappa shape index (κ1) is 35.5. The van der Waals surface area contributed by atoms with Crippen molar-refractivity contribution in [1.82, 2.24) is 24.5 Å². The first-order chi connectivity index (χ1) is 22.3. The van der Waals surface area contributed by atoms with Gasteiger partial charge in [-0.15, -0.1) is 0 Å². The molecule has 0 bridgehead atoms. The van der Waals surface area contributed by atoms with E-state index >= 15 is 0 Å². The third-order valence-electron chi connectivity index (χ3n) is 7.56. The van der Waals surface area contributed by atoms with E-state index in [-0.39, 0.29) is 16.3 Å². The van der Waals surface area contributed by atoms with E-state index in [1.54, 1.807) is 35.3 Å². The van der Waals surface area contributed by atoms with Gasteiger partial charge in [-0.3, -0.25) is 0 Å². The number of primary sulfonamides is 1. The Morgan fingerprint density at radius 2 is 1.42 bits per heavy atom. The van der Waals surface area contributed by atoms with Crippen LogP contribution in [0.5, 0.6) is 0 Å². The molecule has 5 rings (SSSR count). The predicted octanol–water partition coefficient (Wildman–Crippen LogP) is 6.44. The first-order valence-corrected chi connectivity index (χ1v) is 16.1. The molecular weight excluding hydrogens is 641 g/mol. The molecule has 0 saturated carbocycles. The van der Waals surface area contributed by atoms with E-state index in [1.165, 1.54) is 30.6 Å². The molecule has 0 saturated heterocycles. The van der Waals surface area contributed by atoms with E-state index in [1.807, 2.05) is 52.8 Å². The lowest BCUT2D eigenvalue weighted by Gasteiger charge is -2.23. The molecule has 0 fully saturated rings. The van der Waals surface area contributed by atoms with Crippen LogP contribution < -0.4 is 5.14 Å². The Bertz CT molecular complexity index is 2040. The van der Waals surface area contributed by atoms with Crippen molar-refractivity contribution in [2.75, 3.05) is 0 Å². The van der Waals surface area contributed by atoms with Gasteiger partial charge in [0.15, 0.2) is 5.69 Å². The van der Waals surface area contributed by atoms with Crippen molar-refractivity contribution in [3.8, 4) is 29.1 Å². The third kappa shape index (κ3) is 8.34. The standard InChI is InChI=1S/C17H14F3N3O2S.C17H19N5/c1-11-2-4-12(5-3-11)15-10-16(17(18,19)20)22-23(15)13-6-8-14(9-7-13)26(21,24)25;1-16(2,9-18)14-5-13(8-22-12-20-11-21-22)6-15(7-14)17(3,4)10-19/h2-10H,1H3,(H2,21,24,25);5-7,11-12H,8H2,1-4H3. The molecule has 2 aromatic heterocycles. The Hall–Kier alpha value is -5.31. The van der Waals surface area contributed by atoms with Crippen LogP contribution in [0.3, 0.4) is 0 Å². The second kappa shape index (κ2) is 13.4. The predicted molar refractivity (Wildman–Crippen MR) is 173 cm³/mol. The van der Waals surface area contributed by atoms with Gasteiger partial charge in [-0.2, -0.15) is 33.9 Å². The fourth-order valence-electron chi connectivity index (χ4n) is 4.56. The monoisotopic (exact) mass is 674 g/mol. The van der Waals surface area contributed by atoms with E-state index in [0.717, 1.165) is 33.0 Å². The highest BCUT2D eigenvalue weighted by atomic mass is 32.2. The van der Waals surface area contributed by atoms with Crippen LogP contribution in [0.4, 0.5) is 13.2 Å². The van der Waals surface area contributed by atoms with Gasteiger partial charge >= 0.3 is 6.18 Å². The van der Waals surface area contributed by atoms with Gasteiger partial charge in [0.2, 0.25) is 10.0 Å². The topological polar surface area (TPSA) is 156 Å². The van der Waals surface area contributed by atoms with Gasteiger partial charge in [0, 0.05) is 5.56 Å². The zero-order valence-corrected chi connectivity index (χ0v) is 27.7. The van der Waals surface area contributed by atoms with Crippen LogP contribution in [-0.2, 0) is 33.6 Å². The highest BCUT2D eigenvalue weighted by Crippen LogP contribution is 2.34. The van der Waals surface area contributed by atoms with Gasteiger partial charge in [-0.25, -0.2) is 27.9 Å². The number of aromatic nitrogens is 5. The largest absolute Gasteiger partial charge is 0.435 e. The summed E-state index contributed by atoms with van der Waals surface area (Å²) in [6.45, 7) is 9.95. The Balaban J connectivity index is 0.000000220. The van der Waals surface area contributed by atoms with Crippen LogP contribution in [0.2, 0.25) is 0 Å². The van der Waals surface area contributed by atoms with Crippen molar-refractivity contribution >= 4 is 10.0 Å².